The smallest absolute Gasteiger partial charge is 0.238 e. The van der Waals surface area contributed by atoms with E-state index in [9.17, 15) is 4.79 Å². The van der Waals surface area contributed by atoms with Gasteiger partial charge in [0.05, 0.1) is 28.0 Å². The molecule has 1 amide bonds. The van der Waals surface area contributed by atoms with Crippen molar-refractivity contribution in [2.24, 2.45) is 0 Å². The summed E-state index contributed by atoms with van der Waals surface area (Å²) in [5, 5.41) is 8.96. The van der Waals surface area contributed by atoms with Crippen LogP contribution in [0, 0.1) is 0 Å². The largest absolute Gasteiger partial charge is 0.310 e. The van der Waals surface area contributed by atoms with Gasteiger partial charge in [0.2, 0.25) is 5.91 Å². The molecule has 5 nitrogen and oxygen atoms in total. The molecule has 0 aliphatic heterocycles. The Bertz CT molecular complexity index is 876. The van der Waals surface area contributed by atoms with Crippen LogP contribution < -0.4 is 5.32 Å². The third-order valence-electron chi connectivity index (χ3n) is 4.17. The summed E-state index contributed by atoms with van der Waals surface area (Å²) >= 11 is 1.46. The van der Waals surface area contributed by atoms with Crippen LogP contribution in [0.25, 0.3) is 10.9 Å². The van der Waals surface area contributed by atoms with Gasteiger partial charge < -0.3 is 5.32 Å². The van der Waals surface area contributed by atoms with Crippen molar-refractivity contribution in [1.29, 1.82) is 0 Å². The van der Waals surface area contributed by atoms with Gasteiger partial charge in [0.1, 0.15) is 5.82 Å². The Morgan fingerprint density at radius 1 is 1.20 bits per heavy atom. The van der Waals surface area contributed by atoms with Gasteiger partial charge in [0.15, 0.2) is 0 Å². The molecule has 0 radical (unpaired) electrons. The average molecular weight is 354 g/mol. The lowest BCUT2D eigenvalue weighted by Crippen LogP contribution is -2.24. The van der Waals surface area contributed by atoms with Crippen LogP contribution in [0.5, 0.6) is 0 Å². The zero-order valence-electron chi connectivity index (χ0n) is 14.6. The molecule has 6 heteroatoms. The average Bonchev–Trinajstić information content (AvgIpc) is 3.09. The van der Waals surface area contributed by atoms with Gasteiger partial charge in [0, 0.05) is 11.5 Å². The van der Waals surface area contributed by atoms with E-state index >= 15 is 0 Å². The van der Waals surface area contributed by atoms with E-state index in [1.165, 1.54) is 11.8 Å². The van der Waals surface area contributed by atoms with E-state index < -0.39 is 0 Å². The zero-order chi connectivity index (χ0) is 17.8. The quantitative estimate of drug-likeness (QED) is 0.661. The molecule has 0 aliphatic carbocycles. The summed E-state index contributed by atoms with van der Waals surface area (Å²) in [6.45, 7) is 6.07. The van der Waals surface area contributed by atoms with Gasteiger partial charge in [0.25, 0.3) is 0 Å². The highest BCUT2D eigenvalue weighted by atomic mass is 32.2. The fourth-order valence-corrected chi connectivity index (χ4v) is 3.34. The van der Waals surface area contributed by atoms with Crippen LogP contribution >= 0.6 is 11.8 Å². The summed E-state index contributed by atoms with van der Waals surface area (Å²) < 4.78 is 1.85. The van der Waals surface area contributed by atoms with Crippen molar-refractivity contribution in [3.63, 3.8) is 0 Å². The highest BCUT2D eigenvalue weighted by Gasteiger charge is 2.18. The molecule has 0 saturated heterocycles. The fraction of sp³-hybridized carbons (Fsp3) is 0.316. The van der Waals surface area contributed by atoms with Crippen LogP contribution in [0.2, 0.25) is 0 Å². The molecule has 0 spiro atoms. The Labute approximate surface area is 151 Å². The molecule has 0 aliphatic rings. The van der Waals surface area contributed by atoms with Crippen LogP contribution in [0.15, 0.2) is 53.7 Å². The van der Waals surface area contributed by atoms with Gasteiger partial charge >= 0.3 is 0 Å². The lowest BCUT2D eigenvalue weighted by atomic mass is 10.2. The second-order valence-corrected chi connectivity index (χ2v) is 7.37. The maximum atomic E-state index is 12.5. The van der Waals surface area contributed by atoms with Gasteiger partial charge in [-0.1, -0.05) is 43.0 Å². The van der Waals surface area contributed by atoms with Crippen molar-refractivity contribution < 1.29 is 4.79 Å². The second kappa shape index (κ2) is 7.70. The molecule has 1 N–H and O–H groups in total. The second-order valence-electron chi connectivity index (χ2n) is 6.01. The number of fused-ring (bicyclic) bond motifs is 1. The number of hydrogen-bond donors (Lipinski definition) is 1. The van der Waals surface area contributed by atoms with Crippen molar-refractivity contribution >= 4 is 34.4 Å². The number of pyridine rings is 1. The number of thioether (sulfide) groups is 1. The molecule has 2 aromatic heterocycles. The summed E-state index contributed by atoms with van der Waals surface area (Å²) in [7, 11) is 0. The van der Waals surface area contributed by atoms with Gasteiger partial charge in [-0.25, -0.2) is 9.67 Å². The molecular formula is C19H22N4OS. The molecule has 1 aromatic carbocycles. The molecule has 130 valence electrons. The van der Waals surface area contributed by atoms with Gasteiger partial charge in [-0.2, -0.15) is 5.10 Å². The topological polar surface area (TPSA) is 59.8 Å². The highest BCUT2D eigenvalue weighted by Crippen LogP contribution is 2.25. The first-order valence-electron chi connectivity index (χ1n) is 8.45. The number of aromatic nitrogens is 3. The molecule has 25 heavy (non-hydrogen) atoms. The Balaban J connectivity index is 1.69. The standard InChI is InChI=1S/C19H22N4OS/c1-4-13(2)23-17(11-12-20-23)22-19(24)14(3)25-18-10-9-15-7-5-6-8-16(15)21-18/h5-14H,4H2,1-3H3,(H,22,24)/t13-,14+/m0/s1. The third-order valence-corrected chi connectivity index (χ3v) is 5.21. The molecule has 0 fully saturated rings. The van der Waals surface area contributed by atoms with E-state index in [1.807, 2.05) is 54.1 Å². The monoisotopic (exact) mass is 354 g/mol. The minimum absolute atomic E-state index is 0.0509. The summed E-state index contributed by atoms with van der Waals surface area (Å²) in [6.07, 6.45) is 2.67. The van der Waals surface area contributed by atoms with E-state index in [0.29, 0.717) is 0 Å². The highest BCUT2D eigenvalue weighted by molar-refractivity contribution is 8.00. The lowest BCUT2D eigenvalue weighted by Gasteiger charge is -2.16. The normalized spacial score (nSPS) is 13.6. The summed E-state index contributed by atoms with van der Waals surface area (Å²) in [4.78, 5) is 17.2. The summed E-state index contributed by atoms with van der Waals surface area (Å²) in [5.41, 5.74) is 0.940. The van der Waals surface area contributed by atoms with Crippen molar-refractivity contribution in [1.82, 2.24) is 14.8 Å². The minimum atomic E-state index is -0.256. The molecule has 3 rings (SSSR count). The number of amides is 1. The number of hydrogen-bond acceptors (Lipinski definition) is 4. The third kappa shape index (κ3) is 4.02. The first-order valence-corrected chi connectivity index (χ1v) is 9.33. The number of para-hydroxylation sites is 1. The Kier molecular flexibility index (Phi) is 5.38. The van der Waals surface area contributed by atoms with Crippen LogP contribution in [0.1, 0.15) is 33.2 Å². The van der Waals surface area contributed by atoms with Crippen LogP contribution in [-0.4, -0.2) is 25.9 Å². The Morgan fingerprint density at radius 3 is 2.80 bits per heavy atom. The molecule has 0 bridgehead atoms. The number of nitrogens with one attached hydrogen (secondary N) is 1. The number of anilines is 1. The van der Waals surface area contributed by atoms with E-state index in [0.717, 1.165) is 28.2 Å². The molecule has 0 saturated carbocycles. The predicted molar refractivity (Wildman–Crippen MR) is 103 cm³/mol. The Morgan fingerprint density at radius 2 is 2.00 bits per heavy atom. The van der Waals surface area contributed by atoms with Crippen LogP contribution in [0.4, 0.5) is 5.82 Å². The first kappa shape index (κ1) is 17.5. The number of carbonyl (C=O) groups excluding carboxylic acids is 1. The maximum Gasteiger partial charge on any atom is 0.238 e. The first-order chi connectivity index (χ1) is 12.1. The van der Waals surface area contributed by atoms with E-state index in [4.69, 9.17) is 0 Å². The maximum absolute atomic E-state index is 12.5. The number of rotatable bonds is 6. The molecule has 2 atom stereocenters. The summed E-state index contributed by atoms with van der Waals surface area (Å²) in [5.74, 6) is 0.684. The van der Waals surface area contributed by atoms with Crippen molar-refractivity contribution in [3.8, 4) is 0 Å². The van der Waals surface area contributed by atoms with Crippen molar-refractivity contribution in [3.05, 3.63) is 48.7 Å². The predicted octanol–water partition coefficient (Wildman–Crippen LogP) is 4.52. The SMILES string of the molecule is CC[C@H](C)n1nccc1NC(=O)[C@@H](C)Sc1ccc2ccccc2n1. The Hall–Kier alpha value is -2.34. The van der Waals surface area contributed by atoms with Crippen LogP contribution in [-0.2, 0) is 4.79 Å². The van der Waals surface area contributed by atoms with E-state index in [-0.39, 0.29) is 17.2 Å². The van der Waals surface area contributed by atoms with E-state index in [2.05, 4.69) is 29.2 Å². The number of carbonyl (C=O) groups is 1. The van der Waals surface area contributed by atoms with Gasteiger partial charge in [-0.3, -0.25) is 4.79 Å². The molecule has 3 aromatic rings. The number of nitrogens with zero attached hydrogens (tertiary/aromatic N) is 3. The number of benzene rings is 1. The molecule has 0 unspecified atom stereocenters. The fourth-order valence-electron chi connectivity index (χ4n) is 2.51. The summed E-state index contributed by atoms with van der Waals surface area (Å²) in [6, 6.07) is 14.0. The zero-order valence-corrected chi connectivity index (χ0v) is 15.5. The molecule has 2 heterocycles. The van der Waals surface area contributed by atoms with Crippen LogP contribution in [0.3, 0.4) is 0 Å². The van der Waals surface area contributed by atoms with Gasteiger partial charge in [-0.05, 0) is 32.4 Å². The van der Waals surface area contributed by atoms with E-state index in [1.54, 1.807) is 6.20 Å². The van der Waals surface area contributed by atoms with Crippen molar-refractivity contribution in [2.75, 3.05) is 5.32 Å². The van der Waals surface area contributed by atoms with Gasteiger partial charge in [-0.15, -0.1) is 0 Å². The molecular weight excluding hydrogens is 332 g/mol. The minimum Gasteiger partial charge on any atom is -0.310 e. The lowest BCUT2D eigenvalue weighted by molar-refractivity contribution is -0.115. The van der Waals surface area contributed by atoms with Crippen molar-refractivity contribution in [2.45, 2.75) is 43.5 Å².